The number of nitrogens with zero attached hydrogens (tertiary/aromatic N) is 3. The summed E-state index contributed by atoms with van der Waals surface area (Å²) in [6, 6.07) is 0. The molecule has 26 heteroatoms. The van der Waals surface area contributed by atoms with Gasteiger partial charge in [-0.25, -0.2) is 0 Å². The lowest BCUT2D eigenvalue weighted by Crippen LogP contribution is -2.66. The molecule has 3 aliphatic rings. The summed E-state index contributed by atoms with van der Waals surface area (Å²) in [5.41, 5.74) is 9.56. The first kappa shape index (κ1) is 51.7. The molecule has 352 valence electrons. The Bertz CT molecular complexity index is 1750. The van der Waals surface area contributed by atoms with Crippen molar-refractivity contribution in [2.75, 3.05) is 19.8 Å². The summed E-state index contributed by atoms with van der Waals surface area (Å²) < 4.78 is 79.7. The summed E-state index contributed by atoms with van der Waals surface area (Å²) in [6.07, 6.45) is -22.7. The molecule has 3 rings (SSSR count). The molecule has 0 aromatic heterocycles. The van der Waals surface area contributed by atoms with Crippen LogP contribution in [0, 0.1) is 5.92 Å². The molecule has 0 aromatic rings. The van der Waals surface area contributed by atoms with Crippen molar-refractivity contribution in [3.8, 4) is 0 Å². The molecule has 3 saturated heterocycles. The molecule has 6 unspecified atom stereocenters. The van der Waals surface area contributed by atoms with Gasteiger partial charge in [0.05, 0.1) is 0 Å². The van der Waals surface area contributed by atoms with E-state index in [1.165, 1.54) is 6.92 Å². The highest BCUT2D eigenvalue weighted by atomic mass is 16.8. The summed E-state index contributed by atoms with van der Waals surface area (Å²) >= 11 is 0. The van der Waals surface area contributed by atoms with Crippen LogP contribution in [0.3, 0.4) is 0 Å². The molecule has 3 aliphatic heterocycles. The van der Waals surface area contributed by atoms with Gasteiger partial charge in [0.15, 0.2) is 55.4 Å². The Hall–Kier alpha value is -5.66. The zero-order valence-corrected chi connectivity index (χ0v) is 36.0. The highest BCUT2D eigenvalue weighted by molar-refractivity contribution is 5.70. The first-order valence-corrected chi connectivity index (χ1v) is 19.3. The number of carbonyl (C=O) groups excluding carboxylic acids is 9. The molecule has 26 nitrogen and oxygen atoms in total. The van der Waals surface area contributed by atoms with Gasteiger partial charge < -0.3 is 66.3 Å². The predicted molar refractivity (Wildman–Crippen MR) is 197 cm³/mol. The monoisotopic (exact) mass is 905 g/mol. The summed E-state index contributed by atoms with van der Waals surface area (Å²) in [5, 5.41) is 3.64. The van der Waals surface area contributed by atoms with Gasteiger partial charge in [0.1, 0.15) is 50.3 Å². The standard InChI is InChI=1S/C37H51N3O23/c1-14-27(62-37-34(58-23(10)49)32(57-22(9)48)30(55-20(7)46)26(61-37)13-52-17(4)43)28(53-18(5)44)25(12-51-16(3)42)60-36(14)63-33-31(56-21(8)47)29(54-19(6)45)24(11-50-15(2)41)59-35(33)39-40-38/h14,24-37H,11-13H2,1-10H3/t14?,24?,25?,26?,27-,28-,29-,30-,31+,32+,33?,34?,35+,36-,37-/m1/s1. The fourth-order valence-corrected chi connectivity index (χ4v) is 6.85. The minimum Gasteiger partial charge on any atom is -0.463 e. The average molecular weight is 906 g/mol. The minimum absolute atomic E-state index is 0.577. The third-order valence-electron chi connectivity index (χ3n) is 9.06. The quantitative estimate of drug-likeness (QED) is 0.0616. The fraction of sp³-hybridized carbons (Fsp3) is 0.757. The lowest BCUT2D eigenvalue weighted by molar-refractivity contribution is -0.365. The third-order valence-corrected chi connectivity index (χ3v) is 9.06. The molecule has 15 atom stereocenters. The van der Waals surface area contributed by atoms with Crippen molar-refractivity contribution in [1.29, 1.82) is 0 Å². The van der Waals surface area contributed by atoms with Crippen molar-refractivity contribution < 1.29 is 109 Å². The van der Waals surface area contributed by atoms with E-state index in [4.69, 9.17) is 66.3 Å². The van der Waals surface area contributed by atoms with Crippen LogP contribution in [0.15, 0.2) is 5.11 Å². The zero-order chi connectivity index (χ0) is 47.3. The average Bonchev–Trinajstić information content (AvgIpc) is 3.15. The van der Waals surface area contributed by atoms with E-state index in [0.29, 0.717) is 0 Å². The molecular formula is C37H51N3O23. The van der Waals surface area contributed by atoms with Crippen molar-refractivity contribution >= 4 is 53.7 Å². The van der Waals surface area contributed by atoms with E-state index in [9.17, 15) is 48.7 Å². The number of azide groups is 1. The Morgan fingerprint density at radius 1 is 0.429 bits per heavy atom. The number of carbonyl (C=O) groups is 9. The molecule has 63 heavy (non-hydrogen) atoms. The fourth-order valence-electron chi connectivity index (χ4n) is 6.85. The van der Waals surface area contributed by atoms with E-state index in [1.807, 2.05) is 0 Å². The smallest absolute Gasteiger partial charge is 0.303 e. The molecule has 0 amide bonds. The van der Waals surface area contributed by atoms with Gasteiger partial charge in [-0.1, -0.05) is 12.0 Å². The van der Waals surface area contributed by atoms with Crippen LogP contribution in [0.5, 0.6) is 0 Å². The summed E-state index contributed by atoms with van der Waals surface area (Å²) in [7, 11) is 0. The number of hydrogen-bond donors (Lipinski definition) is 0. The number of rotatable bonds is 17. The Morgan fingerprint density at radius 3 is 1.13 bits per heavy atom. The molecule has 0 bridgehead atoms. The van der Waals surface area contributed by atoms with E-state index in [0.717, 1.165) is 62.3 Å². The molecule has 0 spiro atoms. The third kappa shape index (κ3) is 15.3. The number of esters is 9. The maximum Gasteiger partial charge on any atom is 0.303 e. The zero-order valence-electron chi connectivity index (χ0n) is 36.0. The molecule has 3 fully saturated rings. The van der Waals surface area contributed by atoms with Crippen LogP contribution in [0.25, 0.3) is 10.4 Å². The van der Waals surface area contributed by atoms with Gasteiger partial charge in [-0.2, -0.15) is 0 Å². The van der Waals surface area contributed by atoms with Crippen LogP contribution < -0.4 is 0 Å². The number of ether oxygens (including phenoxy) is 14. The molecular weight excluding hydrogens is 854 g/mol. The normalized spacial score (nSPS) is 32.5. The van der Waals surface area contributed by atoms with Crippen LogP contribution >= 0.6 is 0 Å². The predicted octanol–water partition coefficient (Wildman–Crippen LogP) is 0.157. The van der Waals surface area contributed by atoms with Crippen LogP contribution in [0.1, 0.15) is 69.2 Å². The van der Waals surface area contributed by atoms with E-state index in [1.54, 1.807) is 0 Å². The van der Waals surface area contributed by atoms with Gasteiger partial charge in [-0.05, 0) is 5.53 Å². The van der Waals surface area contributed by atoms with E-state index >= 15 is 0 Å². The van der Waals surface area contributed by atoms with Crippen LogP contribution in [-0.2, 0) is 109 Å². The summed E-state index contributed by atoms with van der Waals surface area (Å²) in [4.78, 5) is 114. The Balaban J connectivity index is 2.24. The van der Waals surface area contributed by atoms with Gasteiger partial charge in [0, 0.05) is 73.1 Å². The lowest BCUT2D eigenvalue weighted by Gasteiger charge is -2.50. The largest absolute Gasteiger partial charge is 0.463 e. The summed E-state index contributed by atoms with van der Waals surface area (Å²) in [5.74, 6) is -9.16. The maximum absolute atomic E-state index is 12.7. The molecule has 0 N–H and O–H groups in total. The van der Waals surface area contributed by atoms with Crippen LogP contribution in [0.4, 0.5) is 0 Å². The minimum atomic E-state index is -1.86. The van der Waals surface area contributed by atoms with Gasteiger partial charge >= 0.3 is 53.7 Å². The van der Waals surface area contributed by atoms with Crippen molar-refractivity contribution in [3.63, 3.8) is 0 Å². The first-order valence-electron chi connectivity index (χ1n) is 19.3. The molecule has 0 saturated carbocycles. The van der Waals surface area contributed by atoms with Crippen LogP contribution in [-0.4, -0.2) is 159 Å². The van der Waals surface area contributed by atoms with Gasteiger partial charge in [-0.15, -0.1) is 0 Å². The molecule has 0 radical (unpaired) electrons. The maximum atomic E-state index is 12.7. The second-order valence-corrected chi connectivity index (χ2v) is 14.3. The Kier molecular flexibility index (Phi) is 19.4. The van der Waals surface area contributed by atoms with Gasteiger partial charge in [-0.3, -0.25) is 43.2 Å². The second-order valence-electron chi connectivity index (χ2n) is 14.3. The van der Waals surface area contributed by atoms with Crippen molar-refractivity contribution in [2.24, 2.45) is 11.0 Å². The summed E-state index contributed by atoms with van der Waals surface area (Å²) in [6.45, 7) is 8.91. The number of hydrogen-bond acceptors (Lipinski definition) is 24. The lowest BCUT2D eigenvalue weighted by atomic mass is 9.90. The second kappa shape index (κ2) is 23.7. The molecule has 0 aromatic carbocycles. The van der Waals surface area contributed by atoms with Crippen molar-refractivity contribution in [3.05, 3.63) is 10.4 Å². The first-order chi connectivity index (χ1) is 29.5. The highest BCUT2D eigenvalue weighted by Crippen LogP contribution is 2.39. The van der Waals surface area contributed by atoms with Gasteiger partial charge in [0.2, 0.25) is 0 Å². The van der Waals surface area contributed by atoms with E-state index < -0.39 is 165 Å². The Labute approximate surface area is 359 Å². The van der Waals surface area contributed by atoms with E-state index in [-0.39, 0.29) is 0 Å². The highest BCUT2D eigenvalue weighted by Gasteiger charge is 2.58. The van der Waals surface area contributed by atoms with Crippen LogP contribution in [0.2, 0.25) is 0 Å². The van der Waals surface area contributed by atoms with Crippen molar-refractivity contribution in [2.45, 2.75) is 155 Å². The topological polar surface area (TPSA) is 332 Å². The van der Waals surface area contributed by atoms with E-state index in [2.05, 4.69) is 10.0 Å². The SMILES string of the molecule is CC(=O)OCC1O[C@H](OC2[C@@H](OC(C)=O)[C@H](OC(C)=O)C(COC(C)=O)O[C@@H]2N=[N+]=[N-])C(C)[C@@H](O[C@H]2OC(COC(C)=O)[C@@H](OC(C)=O)[C@H](OC(C)=O)C2OC(C)=O)[C@@H]1OC(C)=O. The van der Waals surface area contributed by atoms with Crippen molar-refractivity contribution in [1.82, 2.24) is 0 Å². The molecule has 0 aliphatic carbocycles. The molecule has 3 heterocycles. The van der Waals surface area contributed by atoms with Gasteiger partial charge in [0.25, 0.3) is 0 Å². The Morgan fingerprint density at radius 2 is 0.746 bits per heavy atom.